The number of benzene rings is 1. The normalized spacial score (nSPS) is 13.8. The number of hydrogen-bond donors (Lipinski definition) is 1. The summed E-state index contributed by atoms with van der Waals surface area (Å²) >= 11 is 5.87. The van der Waals surface area contributed by atoms with Crippen LogP contribution >= 0.6 is 11.6 Å². The molecule has 0 bridgehead atoms. The summed E-state index contributed by atoms with van der Waals surface area (Å²) in [4.78, 5) is 34.4. The molecule has 0 aliphatic heterocycles. The minimum Gasteiger partial charge on any atom is -0.480 e. The van der Waals surface area contributed by atoms with Crippen molar-refractivity contribution in [3.8, 4) is 0 Å². The van der Waals surface area contributed by atoms with E-state index in [2.05, 4.69) is 0 Å². The van der Waals surface area contributed by atoms with Crippen molar-refractivity contribution < 1.29 is 19.6 Å². The SMILES string of the molecule is O=C(O)CN(C(=O)c1cccc([N+](=O)[O-])c1Cl)C1CC1. The van der Waals surface area contributed by atoms with Gasteiger partial charge in [0.05, 0.1) is 10.5 Å². The van der Waals surface area contributed by atoms with Crippen molar-refractivity contribution >= 4 is 29.2 Å². The number of rotatable bonds is 5. The fourth-order valence-electron chi connectivity index (χ4n) is 1.88. The lowest BCUT2D eigenvalue weighted by Gasteiger charge is -2.20. The number of nitro groups is 1. The van der Waals surface area contributed by atoms with Crippen LogP contribution in [-0.2, 0) is 4.79 Å². The maximum absolute atomic E-state index is 12.3. The monoisotopic (exact) mass is 298 g/mol. The molecule has 1 aromatic rings. The fourth-order valence-corrected chi connectivity index (χ4v) is 2.16. The second kappa shape index (κ2) is 5.46. The summed E-state index contributed by atoms with van der Waals surface area (Å²) in [5.41, 5.74) is -0.419. The largest absolute Gasteiger partial charge is 0.480 e. The molecule has 0 saturated heterocycles. The lowest BCUT2D eigenvalue weighted by molar-refractivity contribution is -0.384. The van der Waals surface area contributed by atoms with E-state index in [9.17, 15) is 19.7 Å². The van der Waals surface area contributed by atoms with Crippen molar-refractivity contribution in [2.75, 3.05) is 6.54 Å². The van der Waals surface area contributed by atoms with Crippen LogP contribution < -0.4 is 0 Å². The van der Waals surface area contributed by atoms with Crippen LogP contribution in [0, 0.1) is 10.1 Å². The molecule has 0 atom stereocenters. The third kappa shape index (κ3) is 2.88. The molecule has 0 heterocycles. The number of carbonyl (C=O) groups excluding carboxylic acids is 1. The van der Waals surface area contributed by atoms with Crippen LogP contribution in [0.15, 0.2) is 18.2 Å². The van der Waals surface area contributed by atoms with E-state index in [1.165, 1.54) is 23.1 Å². The Hall–Kier alpha value is -2.15. The molecule has 0 spiro atoms. The standard InChI is InChI=1S/C12H11ClN2O5/c13-11-8(2-1-3-9(11)15(19)20)12(18)14(6-10(16)17)7-4-5-7/h1-3,7H,4-6H2,(H,16,17). The van der Waals surface area contributed by atoms with E-state index in [0.29, 0.717) is 0 Å². The molecular weight excluding hydrogens is 288 g/mol. The maximum atomic E-state index is 12.3. The molecule has 0 radical (unpaired) electrons. The number of hydrogen-bond acceptors (Lipinski definition) is 4. The van der Waals surface area contributed by atoms with E-state index in [1.54, 1.807) is 0 Å². The molecule has 1 saturated carbocycles. The zero-order chi connectivity index (χ0) is 14.9. The number of carboxylic acid groups (broad SMARTS) is 1. The first kappa shape index (κ1) is 14.3. The van der Waals surface area contributed by atoms with Crippen molar-refractivity contribution in [2.24, 2.45) is 0 Å². The van der Waals surface area contributed by atoms with Crippen molar-refractivity contribution in [3.05, 3.63) is 38.9 Å². The van der Waals surface area contributed by atoms with Gasteiger partial charge in [-0.15, -0.1) is 0 Å². The molecule has 1 aliphatic rings. The van der Waals surface area contributed by atoms with E-state index >= 15 is 0 Å². The number of amides is 1. The van der Waals surface area contributed by atoms with Gasteiger partial charge in [-0.05, 0) is 18.9 Å². The molecule has 106 valence electrons. The van der Waals surface area contributed by atoms with Crippen LogP contribution in [0.1, 0.15) is 23.2 Å². The predicted molar refractivity (Wildman–Crippen MR) is 69.8 cm³/mol. The van der Waals surface area contributed by atoms with Gasteiger partial charge in [0, 0.05) is 12.1 Å². The average Bonchev–Trinajstić information content (AvgIpc) is 3.19. The Morgan fingerprint density at radius 2 is 2.10 bits per heavy atom. The molecule has 1 N–H and O–H groups in total. The number of halogens is 1. The molecule has 1 fully saturated rings. The van der Waals surface area contributed by atoms with Gasteiger partial charge in [0.25, 0.3) is 11.6 Å². The van der Waals surface area contributed by atoms with Crippen LogP contribution in [0.3, 0.4) is 0 Å². The average molecular weight is 299 g/mol. The maximum Gasteiger partial charge on any atom is 0.323 e. The van der Waals surface area contributed by atoms with Gasteiger partial charge < -0.3 is 10.0 Å². The van der Waals surface area contributed by atoms with Crippen LogP contribution in [-0.4, -0.2) is 39.4 Å². The van der Waals surface area contributed by atoms with Gasteiger partial charge in [0.15, 0.2) is 0 Å². The number of nitrogens with zero attached hydrogens (tertiary/aromatic N) is 2. The minimum absolute atomic E-state index is 0.0472. The second-order valence-electron chi connectivity index (χ2n) is 4.45. The first-order valence-electron chi connectivity index (χ1n) is 5.87. The first-order valence-corrected chi connectivity index (χ1v) is 6.25. The molecule has 2 rings (SSSR count). The smallest absolute Gasteiger partial charge is 0.323 e. The molecule has 0 aromatic heterocycles. The van der Waals surface area contributed by atoms with Gasteiger partial charge in [-0.1, -0.05) is 17.7 Å². The quantitative estimate of drug-likeness (QED) is 0.661. The molecule has 1 aliphatic carbocycles. The van der Waals surface area contributed by atoms with Crippen LogP contribution in [0.25, 0.3) is 0 Å². The van der Waals surface area contributed by atoms with Crippen LogP contribution in [0.2, 0.25) is 5.02 Å². The highest BCUT2D eigenvalue weighted by atomic mass is 35.5. The molecule has 0 unspecified atom stereocenters. The van der Waals surface area contributed by atoms with Crippen LogP contribution in [0.4, 0.5) is 5.69 Å². The van der Waals surface area contributed by atoms with Gasteiger partial charge in [0.2, 0.25) is 0 Å². The van der Waals surface area contributed by atoms with Crippen molar-refractivity contribution in [2.45, 2.75) is 18.9 Å². The van der Waals surface area contributed by atoms with E-state index in [1.807, 2.05) is 0 Å². The fraction of sp³-hybridized carbons (Fsp3) is 0.333. The van der Waals surface area contributed by atoms with Gasteiger partial charge in [-0.3, -0.25) is 19.7 Å². The zero-order valence-corrected chi connectivity index (χ0v) is 11.0. The molecule has 8 heteroatoms. The Balaban J connectivity index is 2.34. The summed E-state index contributed by atoms with van der Waals surface area (Å²) in [5.74, 6) is -1.73. The topological polar surface area (TPSA) is 101 Å². The van der Waals surface area contributed by atoms with E-state index in [0.717, 1.165) is 12.8 Å². The molecule has 7 nitrogen and oxygen atoms in total. The molecular formula is C12H11ClN2O5. The van der Waals surface area contributed by atoms with Gasteiger partial charge >= 0.3 is 5.97 Å². The Labute approximate surface area is 118 Å². The highest BCUT2D eigenvalue weighted by Crippen LogP contribution is 2.32. The highest BCUT2D eigenvalue weighted by molar-refractivity contribution is 6.35. The lowest BCUT2D eigenvalue weighted by atomic mass is 10.1. The Bertz CT molecular complexity index is 585. The Morgan fingerprint density at radius 3 is 2.60 bits per heavy atom. The van der Waals surface area contributed by atoms with E-state index in [4.69, 9.17) is 16.7 Å². The zero-order valence-electron chi connectivity index (χ0n) is 10.3. The molecule has 1 aromatic carbocycles. The Morgan fingerprint density at radius 1 is 1.45 bits per heavy atom. The van der Waals surface area contributed by atoms with Gasteiger partial charge in [-0.2, -0.15) is 0 Å². The number of aliphatic carboxylic acids is 1. The van der Waals surface area contributed by atoms with Gasteiger partial charge in [-0.25, -0.2) is 0 Å². The van der Waals surface area contributed by atoms with Crippen molar-refractivity contribution in [1.29, 1.82) is 0 Å². The lowest BCUT2D eigenvalue weighted by Crippen LogP contribution is -2.37. The third-order valence-electron chi connectivity index (χ3n) is 2.96. The summed E-state index contributed by atoms with van der Waals surface area (Å²) in [6.07, 6.45) is 1.46. The number of nitro benzene ring substituents is 1. The molecule has 1 amide bonds. The number of carbonyl (C=O) groups is 2. The van der Waals surface area contributed by atoms with Crippen LogP contribution in [0.5, 0.6) is 0 Å². The Kier molecular flexibility index (Phi) is 3.89. The summed E-state index contributed by atoms with van der Waals surface area (Å²) in [5, 5.41) is 19.4. The summed E-state index contributed by atoms with van der Waals surface area (Å²) in [6.45, 7) is -0.442. The number of carboxylic acids is 1. The summed E-state index contributed by atoms with van der Waals surface area (Å²) in [6, 6.07) is 3.77. The summed E-state index contributed by atoms with van der Waals surface area (Å²) < 4.78 is 0. The first-order chi connectivity index (χ1) is 9.41. The van der Waals surface area contributed by atoms with Gasteiger partial charge in [0.1, 0.15) is 11.6 Å². The van der Waals surface area contributed by atoms with Crippen molar-refractivity contribution in [1.82, 2.24) is 4.90 Å². The predicted octanol–water partition coefficient (Wildman–Crippen LogP) is 1.94. The van der Waals surface area contributed by atoms with Crippen molar-refractivity contribution in [3.63, 3.8) is 0 Å². The van der Waals surface area contributed by atoms with E-state index in [-0.39, 0.29) is 22.3 Å². The van der Waals surface area contributed by atoms with E-state index < -0.39 is 23.3 Å². The highest BCUT2D eigenvalue weighted by Gasteiger charge is 2.35. The second-order valence-corrected chi connectivity index (χ2v) is 4.83. The summed E-state index contributed by atoms with van der Waals surface area (Å²) in [7, 11) is 0. The third-order valence-corrected chi connectivity index (χ3v) is 3.36. The molecule has 20 heavy (non-hydrogen) atoms. The minimum atomic E-state index is -1.13.